The highest BCUT2D eigenvalue weighted by Gasteiger charge is 2.23. The Balaban J connectivity index is 0.000000110. The number of rotatable bonds is 12. The minimum atomic E-state index is 1.23. The van der Waals surface area contributed by atoms with Gasteiger partial charge < -0.3 is 0 Å². The summed E-state index contributed by atoms with van der Waals surface area (Å²) in [4.78, 5) is 0. The summed E-state index contributed by atoms with van der Waals surface area (Å²) in [6.45, 7) is 0. The smallest absolute Gasteiger partial charge is 0.00262 e. The van der Waals surface area contributed by atoms with Crippen molar-refractivity contribution in [2.75, 3.05) is 0 Å². The second-order valence-corrected chi connectivity index (χ2v) is 36.3. The lowest BCUT2D eigenvalue weighted by Crippen LogP contribution is -1.92. The van der Waals surface area contributed by atoms with E-state index in [4.69, 9.17) is 0 Å². The van der Waals surface area contributed by atoms with Gasteiger partial charge in [-0.05, 0) is 311 Å². The van der Waals surface area contributed by atoms with Crippen molar-refractivity contribution in [3.63, 3.8) is 0 Å². The Morgan fingerprint density at radius 1 is 0.0725 bits per heavy atom. The lowest BCUT2D eigenvalue weighted by molar-refractivity contribution is 1.62. The molecule has 0 heteroatoms. The van der Waals surface area contributed by atoms with Crippen LogP contribution in [0.2, 0.25) is 0 Å². The van der Waals surface area contributed by atoms with Crippen molar-refractivity contribution in [1.29, 1.82) is 0 Å². The summed E-state index contributed by atoms with van der Waals surface area (Å²) in [5, 5.41) is 30.4. The van der Waals surface area contributed by atoms with Crippen LogP contribution in [0.3, 0.4) is 0 Å². The van der Waals surface area contributed by atoms with Gasteiger partial charge in [0.05, 0.1) is 0 Å². The maximum absolute atomic E-state index is 2.37. The highest BCUT2D eigenvalue weighted by Crippen LogP contribution is 2.51. The summed E-state index contributed by atoms with van der Waals surface area (Å²) in [6.07, 6.45) is 0. The molecule has 0 bridgehead atoms. The van der Waals surface area contributed by atoms with E-state index in [0.717, 1.165) is 0 Å². The fraction of sp³-hybridized carbons (Fsp3) is 0. The van der Waals surface area contributed by atoms with Crippen LogP contribution in [0.25, 0.3) is 263 Å². The summed E-state index contributed by atoms with van der Waals surface area (Å²) >= 11 is 0. The summed E-state index contributed by atoms with van der Waals surface area (Å²) < 4.78 is 0. The molecule has 0 fully saturated rings. The van der Waals surface area contributed by atoms with Crippen molar-refractivity contribution < 1.29 is 0 Å². The topological polar surface area (TPSA) is 0 Å². The molecule has 0 aliphatic carbocycles. The molecule has 0 amide bonds. The zero-order valence-corrected chi connectivity index (χ0v) is 76.0. The molecule has 0 aromatic heterocycles. The summed E-state index contributed by atoms with van der Waals surface area (Å²) in [6, 6.07) is 200. The third-order valence-electron chi connectivity index (χ3n) is 28.3. The van der Waals surface area contributed by atoms with Crippen LogP contribution in [0.5, 0.6) is 0 Å². The SMILES string of the molecule is c1cc(-c2ccc3ccccc3c2)cc(-c2c3ccccc3c(-c3cccc(-c4ccc5ccccc5c4)c3)c3ccccc23)c1.c1cc(-c2cccc3ccccc23)cc(-c2c3ccccc3c(-c3cccc(-c4cccc5ccccc45)c3)c3ccccc23)c1.c1ccc2cc(-c3ccc(-c4c5ccccc5c(-c5ccc(-c6ccc7ccccc7c6)cc5)c5ccccc45)cc3)ccc2c1. The largest absolute Gasteiger partial charge is 0.0616 e. The van der Waals surface area contributed by atoms with Gasteiger partial charge in [-0.1, -0.05) is 497 Å². The molecule has 0 unspecified atom stereocenters. The molecule has 0 heterocycles. The van der Waals surface area contributed by atoms with Gasteiger partial charge in [-0.2, -0.15) is 0 Å². The van der Waals surface area contributed by atoms with Gasteiger partial charge in [0.15, 0.2) is 0 Å². The summed E-state index contributed by atoms with van der Waals surface area (Å²) in [5.74, 6) is 0. The van der Waals surface area contributed by atoms with E-state index >= 15 is 0 Å². The first kappa shape index (κ1) is 82.0. The first-order valence-corrected chi connectivity index (χ1v) is 47.8. The first-order chi connectivity index (χ1) is 68.4. The molecule has 0 atom stereocenters. The maximum Gasteiger partial charge on any atom is -0.00262 e. The first-order valence-electron chi connectivity index (χ1n) is 47.8. The standard InChI is InChI=1S/3C46H30/c1-3-21-37-31(13-1)15-11-27-39(37)33-17-9-19-35(29-33)45-41-23-5-7-25-43(41)46(44-26-8-6-24-42(44)45)36-20-10-18-34(30-36)40-28-12-16-32-14-2-4-22-38(32)40;1-3-13-33-27-37(25-23-31(33)11-1)35-15-9-17-39(29-35)45-41-19-5-7-21-43(41)46(44-22-8-6-20-42(44)45)40-18-10-16-36(30-40)38-26-24-32-12-2-4-14-34(32)28-38;1-3-11-37-29-39(27-21-31(37)9-1)33-17-23-35(24-18-33)45-41-13-5-7-15-43(41)46(44-16-8-6-14-42(44)45)36-25-19-34(20-26-36)40-28-22-32-10-2-4-12-38(32)30-40/h3*1-30H. The monoisotopic (exact) mass is 1750 g/mol. The third-order valence-corrected chi connectivity index (χ3v) is 28.3. The van der Waals surface area contributed by atoms with Crippen molar-refractivity contribution in [3.8, 4) is 134 Å². The molecule has 0 aliphatic heterocycles. The van der Waals surface area contributed by atoms with E-state index in [0.29, 0.717) is 0 Å². The Hall–Kier alpha value is -17.9. The molecule has 0 N–H and O–H groups in total. The van der Waals surface area contributed by atoms with Crippen LogP contribution in [0, 0.1) is 0 Å². The van der Waals surface area contributed by atoms with Gasteiger partial charge >= 0.3 is 0 Å². The molecular weight excluding hydrogens is 1660 g/mol. The molecule has 138 heavy (non-hydrogen) atoms. The predicted octanol–water partition coefficient (Wildman–Crippen LogP) is 38.9. The Morgan fingerprint density at radius 3 is 0.493 bits per heavy atom. The van der Waals surface area contributed by atoms with Crippen molar-refractivity contribution in [2.24, 2.45) is 0 Å². The van der Waals surface area contributed by atoms with Gasteiger partial charge in [0.1, 0.15) is 0 Å². The molecule has 0 nitrogen and oxygen atoms in total. The molecule has 0 saturated heterocycles. The van der Waals surface area contributed by atoms with E-state index in [1.54, 1.807) is 0 Å². The number of fused-ring (bicyclic) bond motifs is 12. The van der Waals surface area contributed by atoms with Gasteiger partial charge in [-0.25, -0.2) is 0 Å². The van der Waals surface area contributed by atoms with Crippen LogP contribution in [0.4, 0.5) is 0 Å². The Labute approximate surface area is 802 Å². The average Bonchev–Trinajstić information content (AvgIpc) is 0.735. The summed E-state index contributed by atoms with van der Waals surface area (Å²) in [7, 11) is 0. The fourth-order valence-electron chi connectivity index (χ4n) is 21.7. The van der Waals surface area contributed by atoms with Crippen molar-refractivity contribution in [3.05, 3.63) is 546 Å². The van der Waals surface area contributed by atoms with Gasteiger partial charge in [0.25, 0.3) is 0 Å². The van der Waals surface area contributed by atoms with Crippen LogP contribution in [0.1, 0.15) is 0 Å². The molecule has 27 aromatic carbocycles. The molecular formula is C138H90. The van der Waals surface area contributed by atoms with Crippen LogP contribution < -0.4 is 0 Å². The second kappa shape index (κ2) is 35.5. The number of benzene rings is 27. The Bertz CT molecular complexity index is 8730. The zero-order valence-electron chi connectivity index (χ0n) is 76.0. The second-order valence-electron chi connectivity index (χ2n) is 36.3. The number of hydrogen-bond donors (Lipinski definition) is 0. The van der Waals surface area contributed by atoms with Crippen molar-refractivity contribution in [1.82, 2.24) is 0 Å². The molecule has 27 aromatic rings. The van der Waals surface area contributed by atoms with Crippen molar-refractivity contribution >= 4 is 129 Å². The normalized spacial score (nSPS) is 11.5. The van der Waals surface area contributed by atoms with Crippen LogP contribution in [-0.4, -0.2) is 0 Å². The van der Waals surface area contributed by atoms with E-state index < -0.39 is 0 Å². The highest BCUT2D eigenvalue weighted by molar-refractivity contribution is 6.25. The van der Waals surface area contributed by atoms with Crippen molar-refractivity contribution in [2.45, 2.75) is 0 Å². The quantitative estimate of drug-likeness (QED) is 0.107. The zero-order chi connectivity index (χ0) is 91.4. The minimum Gasteiger partial charge on any atom is -0.0616 e. The van der Waals surface area contributed by atoms with Crippen LogP contribution in [0.15, 0.2) is 546 Å². The maximum atomic E-state index is 2.37. The third kappa shape index (κ3) is 15.2. The van der Waals surface area contributed by atoms with E-state index in [-0.39, 0.29) is 0 Å². The fourth-order valence-corrected chi connectivity index (χ4v) is 21.7. The van der Waals surface area contributed by atoms with Gasteiger partial charge in [-0.3, -0.25) is 0 Å². The Morgan fingerprint density at radius 2 is 0.232 bits per heavy atom. The van der Waals surface area contributed by atoms with Crippen LogP contribution >= 0.6 is 0 Å². The minimum absolute atomic E-state index is 1.23. The molecule has 642 valence electrons. The van der Waals surface area contributed by atoms with E-state index in [2.05, 4.69) is 546 Å². The predicted molar refractivity (Wildman–Crippen MR) is 595 cm³/mol. The summed E-state index contributed by atoms with van der Waals surface area (Å²) in [5.41, 5.74) is 29.9. The Kier molecular flexibility index (Phi) is 21.1. The molecule has 0 radical (unpaired) electrons. The van der Waals surface area contributed by atoms with Gasteiger partial charge in [0, 0.05) is 0 Å². The highest BCUT2D eigenvalue weighted by atomic mass is 14.3. The van der Waals surface area contributed by atoms with Crippen LogP contribution in [-0.2, 0) is 0 Å². The lowest BCUT2D eigenvalue weighted by Gasteiger charge is -2.19. The van der Waals surface area contributed by atoms with E-state index in [1.807, 2.05) is 0 Å². The van der Waals surface area contributed by atoms with E-state index in [1.165, 1.54) is 263 Å². The molecule has 0 saturated carbocycles. The molecule has 0 spiro atoms. The van der Waals surface area contributed by atoms with Gasteiger partial charge in [-0.15, -0.1) is 0 Å². The number of hydrogen-bond acceptors (Lipinski definition) is 0. The molecule has 27 rings (SSSR count). The van der Waals surface area contributed by atoms with Gasteiger partial charge in [0.2, 0.25) is 0 Å². The lowest BCUT2D eigenvalue weighted by atomic mass is 9.84. The van der Waals surface area contributed by atoms with E-state index in [9.17, 15) is 0 Å². The molecule has 0 aliphatic rings. The average molecular weight is 1750 g/mol.